The largest absolute Gasteiger partial charge is 0.573 e. The Hall–Kier alpha value is -1.26. The molecule has 0 N–H and O–H groups in total. The number of benzene rings is 1. The molecule has 0 spiro atoms. The van der Waals surface area contributed by atoms with Gasteiger partial charge in [0, 0.05) is 22.8 Å². The summed E-state index contributed by atoms with van der Waals surface area (Å²) in [6.07, 6.45) is -5.24. The van der Waals surface area contributed by atoms with Crippen LogP contribution in [0, 0.1) is 10.1 Å². The van der Waals surface area contributed by atoms with Gasteiger partial charge in [0.15, 0.2) is 5.75 Å². The van der Waals surface area contributed by atoms with Gasteiger partial charge in [-0.25, -0.2) is 8.42 Å². The topological polar surface area (TPSA) is 86.5 Å². The number of halogens is 5. The Labute approximate surface area is 113 Å². The number of nitrogens with zero attached hydrogens (tertiary/aromatic N) is 1. The van der Waals surface area contributed by atoms with Crippen LogP contribution in [0.5, 0.6) is 5.75 Å². The van der Waals surface area contributed by atoms with Crippen LogP contribution in [0.3, 0.4) is 0 Å². The van der Waals surface area contributed by atoms with Gasteiger partial charge in [-0.3, -0.25) is 10.1 Å². The first-order valence-corrected chi connectivity index (χ1v) is 6.79. The van der Waals surface area contributed by atoms with Gasteiger partial charge in [-0.05, 0) is 0 Å². The summed E-state index contributed by atoms with van der Waals surface area (Å²) in [5.74, 6) is -1.32. The molecule has 0 aliphatic rings. The fraction of sp³-hybridized carbons (Fsp3) is 0.143. The predicted molar refractivity (Wildman–Crippen MR) is 57.8 cm³/mol. The SMILES string of the molecule is O=[N+]([O-])c1cc(Cl)c(OC(F)(F)F)c(S(=O)(=O)Cl)c1. The lowest BCUT2D eigenvalue weighted by Crippen LogP contribution is -2.19. The van der Waals surface area contributed by atoms with Gasteiger partial charge in [0.1, 0.15) is 4.90 Å². The zero-order valence-corrected chi connectivity index (χ0v) is 10.8. The standard InChI is InChI=1S/C7H2Cl2F3NO5S/c8-4-1-3(13(14)15)2-5(19(9,16)17)6(4)18-7(10,11)12/h1-2H. The van der Waals surface area contributed by atoms with E-state index in [-0.39, 0.29) is 0 Å². The van der Waals surface area contributed by atoms with E-state index in [0.717, 1.165) is 0 Å². The molecule has 1 rings (SSSR count). The maximum Gasteiger partial charge on any atom is 0.573 e. The van der Waals surface area contributed by atoms with Crippen molar-refractivity contribution in [1.82, 2.24) is 0 Å². The molecule has 1 aromatic rings. The number of hydrogen-bond donors (Lipinski definition) is 0. The second-order valence-corrected chi connectivity index (χ2v) is 5.94. The Morgan fingerprint density at radius 1 is 1.32 bits per heavy atom. The molecule has 0 saturated heterocycles. The average molecular weight is 340 g/mol. The Balaban J connectivity index is 3.58. The van der Waals surface area contributed by atoms with Crippen molar-refractivity contribution in [3.63, 3.8) is 0 Å². The first-order valence-electron chi connectivity index (χ1n) is 4.10. The highest BCUT2D eigenvalue weighted by Gasteiger charge is 2.36. The summed E-state index contributed by atoms with van der Waals surface area (Å²) in [7, 11) is 0.159. The minimum absolute atomic E-state index is 0.315. The smallest absolute Gasteiger partial charge is 0.403 e. The van der Waals surface area contributed by atoms with Crippen LogP contribution in [0.2, 0.25) is 5.02 Å². The monoisotopic (exact) mass is 339 g/mol. The van der Waals surface area contributed by atoms with Crippen molar-refractivity contribution in [2.45, 2.75) is 11.3 Å². The highest BCUT2D eigenvalue weighted by atomic mass is 35.7. The van der Waals surface area contributed by atoms with Crippen LogP contribution in [0.15, 0.2) is 17.0 Å². The van der Waals surface area contributed by atoms with Gasteiger partial charge < -0.3 is 4.74 Å². The Morgan fingerprint density at radius 2 is 1.84 bits per heavy atom. The Kier molecular flexibility index (Phi) is 4.17. The van der Waals surface area contributed by atoms with E-state index in [0.29, 0.717) is 12.1 Å². The molecular formula is C7H2Cl2F3NO5S. The molecule has 12 heteroatoms. The maximum absolute atomic E-state index is 12.1. The maximum atomic E-state index is 12.1. The molecule has 0 saturated carbocycles. The van der Waals surface area contributed by atoms with Gasteiger partial charge >= 0.3 is 6.36 Å². The van der Waals surface area contributed by atoms with E-state index in [1.54, 1.807) is 0 Å². The van der Waals surface area contributed by atoms with Crippen molar-refractivity contribution in [3.05, 3.63) is 27.3 Å². The lowest BCUT2D eigenvalue weighted by atomic mass is 10.3. The molecule has 0 aromatic heterocycles. The first kappa shape index (κ1) is 15.8. The minimum Gasteiger partial charge on any atom is -0.403 e. The van der Waals surface area contributed by atoms with Gasteiger partial charge in [-0.15, -0.1) is 13.2 Å². The molecule has 0 aliphatic carbocycles. The molecular weight excluding hydrogens is 338 g/mol. The molecule has 0 radical (unpaired) electrons. The molecule has 106 valence electrons. The average Bonchev–Trinajstić information content (AvgIpc) is 2.16. The number of rotatable bonds is 3. The second-order valence-electron chi connectivity index (χ2n) is 3.00. The van der Waals surface area contributed by atoms with Crippen molar-refractivity contribution < 1.29 is 31.2 Å². The van der Waals surface area contributed by atoms with Crippen LogP contribution in [-0.4, -0.2) is 19.7 Å². The zero-order valence-electron chi connectivity index (χ0n) is 8.44. The zero-order chi connectivity index (χ0) is 15.0. The summed E-state index contributed by atoms with van der Waals surface area (Å²) in [4.78, 5) is 8.18. The van der Waals surface area contributed by atoms with Crippen LogP contribution >= 0.6 is 22.3 Å². The number of ether oxygens (including phenoxy) is 1. The van der Waals surface area contributed by atoms with Crippen LogP contribution in [0.4, 0.5) is 18.9 Å². The van der Waals surface area contributed by atoms with E-state index in [4.69, 9.17) is 22.3 Å². The van der Waals surface area contributed by atoms with Crippen molar-refractivity contribution >= 4 is 37.0 Å². The van der Waals surface area contributed by atoms with E-state index >= 15 is 0 Å². The second kappa shape index (κ2) is 5.02. The van der Waals surface area contributed by atoms with Gasteiger partial charge in [0.05, 0.1) is 9.95 Å². The quantitative estimate of drug-likeness (QED) is 0.479. The number of nitro benzene ring substituents is 1. The van der Waals surface area contributed by atoms with Gasteiger partial charge in [-0.2, -0.15) is 0 Å². The van der Waals surface area contributed by atoms with E-state index in [9.17, 15) is 31.7 Å². The highest BCUT2D eigenvalue weighted by molar-refractivity contribution is 8.13. The van der Waals surface area contributed by atoms with Gasteiger partial charge in [0.2, 0.25) is 0 Å². The summed E-state index contributed by atoms with van der Waals surface area (Å²) >= 11 is 5.34. The molecule has 0 atom stereocenters. The minimum atomic E-state index is -5.24. The van der Waals surface area contributed by atoms with Crippen molar-refractivity contribution in [1.29, 1.82) is 0 Å². The van der Waals surface area contributed by atoms with E-state index in [1.807, 2.05) is 0 Å². The Bertz CT molecular complexity index is 630. The first-order chi connectivity index (χ1) is 8.42. The van der Waals surface area contributed by atoms with Gasteiger partial charge in [0.25, 0.3) is 14.7 Å². The summed E-state index contributed by atoms with van der Waals surface area (Å²) in [6.45, 7) is 0. The van der Waals surface area contributed by atoms with Crippen LogP contribution < -0.4 is 4.74 Å². The predicted octanol–water partition coefficient (Wildman–Crippen LogP) is 3.07. The third-order valence-electron chi connectivity index (χ3n) is 1.69. The van der Waals surface area contributed by atoms with Crippen LogP contribution in [0.1, 0.15) is 0 Å². The molecule has 1 aromatic carbocycles. The number of alkyl halides is 3. The highest BCUT2D eigenvalue weighted by Crippen LogP contribution is 2.40. The number of hydrogen-bond acceptors (Lipinski definition) is 5. The summed E-state index contributed by atoms with van der Waals surface area (Å²) in [5.41, 5.74) is -0.848. The lowest BCUT2D eigenvalue weighted by molar-refractivity contribution is -0.385. The fourth-order valence-electron chi connectivity index (χ4n) is 1.06. The van der Waals surface area contributed by atoms with Crippen molar-refractivity contribution in [2.75, 3.05) is 0 Å². The molecule has 0 heterocycles. The molecule has 0 amide bonds. The molecule has 0 aliphatic heterocycles. The summed E-state index contributed by atoms with van der Waals surface area (Å²) < 4.78 is 61.9. The van der Waals surface area contributed by atoms with Crippen molar-refractivity contribution in [3.8, 4) is 5.75 Å². The molecule has 6 nitrogen and oxygen atoms in total. The van der Waals surface area contributed by atoms with Gasteiger partial charge in [-0.1, -0.05) is 11.6 Å². The molecule has 0 unspecified atom stereocenters. The van der Waals surface area contributed by atoms with Crippen LogP contribution in [-0.2, 0) is 9.05 Å². The molecule has 0 fully saturated rings. The normalized spacial score (nSPS) is 12.3. The van der Waals surface area contributed by atoms with E-state index < -0.39 is 41.7 Å². The van der Waals surface area contributed by atoms with Crippen LogP contribution in [0.25, 0.3) is 0 Å². The third kappa shape index (κ3) is 4.11. The number of non-ortho nitro benzene ring substituents is 1. The summed E-state index contributed by atoms with van der Waals surface area (Å²) in [6, 6.07) is 0.823. The molecule has 19 heavy (non-hydrogen) atoms. The Morgan fingerprint density at radius 3 is 2.21 bits per heavy atom. The van der Waals surface area contributed by atoms with Crippen molar-refractivity contribution in [2.24, 2.45) is 0 Å². The van der Waals surface area contributed by atoms with E-state index in [2.05, 4.69) is 4.74 Å². The lowest BCUT2D eigenvalue weighted by Gasteiger charge is -2.12. The fourth-order valence-corrected chi connectivity index (χ4v) is 2.34. The summed E-state index contributed by atoms with van der Waals surface area (Å²) in [5, 5.41) is 9.56. The number of nitro groups is 1. The molecule has 0 bridgehead atoms. The third-order valence-corrected chi connectivity index (χ3v) is 3.29. The van der Waals surface area contributed by atoms with E-state index in [1.165, 1.54) is 0 Å².